The number of halogens is 1. The van der Waals surface area contributed by atoms with Gasteiger partial charge in [-0.25, -0.2) is 9.18 Å². The minimum absolute atomic E-state index is 0.146. The van der Waals surface area contributed by atoms with E-state index in [1.54, 1.807) is 25.1 Å². The maximum Gasteiger partial charge on any atom is 0.335 e. The monoisotopic (exact) mass is 351 g/mol. The normalized spacial score (nSPS) is 14.4. The van der Waals surface area contributed by atoms with Crippen LogP contribution in [0.25, 0.3) is 5.57 Å². The first kappa shape index (κ1) is 17.7. The van der Waals surface area contributed by atoms with E-state index in [2.05, 4.69) is 6.07 Å². The zero-order chi connectivity index (χ0) is 18.8. The van der Waals surface area contributed by atoms with Crippen LogP contribution in [0.15, 0.2) is 35.9 Å². The fourth-order valence-corrected chi connectivity index (χ4v) is 3.32. The van der Waals surface area contributed by atoms with Crippen LogP contribution in [-0.4, -0.2) is 11.1 Å². The van der Waals surface area contributed by atoms with E-state index < -0.39 is 5.97 Å². The number of ether oxygens (including phenoxy) is 1. The fourth-order valence-electron chi connectivity index (χ4n) is 3.32. The van der Waals surface area contributed by atoms with Crippen LogP contribution in [0.5, 0.6) is 5.75 Å². The Balaban J connectivity index is 2.36. The number of carboxylic acid groups (broad SMARTS) is 1. The Bertz CT molecular complexity index is 970. The molecule has 0 spiro atoms. The number of rotatable bonds is 3. The molecule has 3 rings (SSSR count). The first-order chi connectivity index (χ1) is 12.5. The van der Waals surface area contributed by atoms with Gasteiger partial charge in [0, 0.05) is 16.7 Å². The van der Waals surface area contributed by atoms with Crippen LogP contribution < -0.4 is 4.74 Å². The number of carbonyl (C=O) groups is 1. The molecule has 1 N–H and O–H groups in total. The fraction of sp³-hybridized carbons (Fsp3) is 0.238. The van der Waals surface area contributed by atoms with Crippen LogP contribution in [0.1, 0.15) is 52.9 Å². The summed E-state index contributed by atoms with van der Waals surface area (Å²) in [4.78, 5) is 11.3. The van der Waals surface area contributed by atoms with Crippen molar-refractivity contribution >= 4 is 11.5 Å². The highest BCUT2D eigenvalue weighted by Gasteiger charge is 2.26. The molecule has 26 heavy (non-hydrogen) atoms. The minimum atomic E-state index is -1.03. The number of nitriles is 1. The van der Waals surface area contributed by atoms with E-state index in [9.17, 15) is 19.6 Å². The van der Waals surface area contributed by atoms with Crippen molar-refractivity contribution < 1.29 is 19.0 Å². The molecule has 0 aromatic heterocycles. The highest BCUT2D eigenvalue weighted by Crippen LogP contribution is 2.42. The van der Waals surface area contributed by atoms with Crippen molar-refractivity contribution in [1.29, 1.82) is 5.26 Å². The van der Waals surface area contributed by atoms with Crippen molar-refractivity contribution in [2.75, 3.05) is 0 Å². The van der Waals surface area contributed by atoms with Gasteiger partial charge in [0.05, 0.1) is 11.6 Å². The predicted molar refractivity (Wildman–Crippen MR) is 95.4 cm³/mol. The number of fused-ring (bicyclic) bond motifs is 2. The van der Waals surface area contributed by atoms with E-state index in [4.69, 9.17) is 4.74 Å². The highest BCUT2D eigenvalue weighted by molar-refractivity contribution is 5.93. The van der Waals surface area contributed by atoms with Crippen molar-refractivity contribution in [3.63, 3.8) is 0 Å². The minimum Gasteiger partial charge on any atom is -0.488 e. The lowest BCUT2D eigenvalue weighted by Gasteiger charge is -2.17. The van der Waals surface area contributed by atoms with Crippen LogP contribution in [0.4, 0.5) is 4.39 Å². The van der Waals surface area contributed by atoms with Gasteiger partial charge in [-0.1, -0.05) is 19.4 Å². The van der Waals surface area contributed by atoms with Gasteiger partial charge in [-0.3, -0.25) is 0 Å². The summed E-state index contributed by atoms with van der Waals surface area (Å²) in [5.74, 6) is -0.856. The van der Waals surface area contributed by atoms with E-state index in [-0.39, 0.29) is 18.0 Å². The number of carboxylic acids is 1. The number of allylic oxidation sites excluding steroid dienone is 1. The molecule has 0 unspecified atom stereocenters. The van der Waals surface area contributed by atoms with E-state index in [0.29, 0.717) is 45.6 Å². The Labute approximate surface area is 151 Å². The molecule has 0 fully saturated rings. The standard InChI is InChI=1S/C21H18FNO3/c1-3-4-16-17(22)7-8-18-20(16)19(12(2)10-23)15-6-5-13(21(24)25)9-14(15)11-26-18/h5-9H,3-4,11H2,1-2H3,(H,24,25). The molecule has 132 valence electrons. The zero-order valence-corrected chi connectivity index (χ0v) is 14.6. The van der Waals surface area contributed by atoms with Gasteiger partial charge in [0.1, 0.15) is 18.2 Å². The van der Waals surface area contributed by atoms with Crippen molar-refractivity contribution in [3.05, 3.63) is 69.5 Å². The van der Waals surface area contributed by atoms with Crippen molar-refractivity contribution in [3.8, 4) is 11.8 Å². The molecular weight excluding hydrogens is 333 g/mol. The second-order valence-corrected chi connectivity index (χ2v) is 6.23. The lowest BCUT2D eigenvalue weighted by Crippen LogP contribution is -2.03. The molecule has 4 nitrogen and oxygen atoms in total. The molecule has 2 aromatic carbocycles. The summed E-state index contributed by atoms with van der Waals surface area (Å²) in [5.41, 5.74) is 3.66. The maximum atomic E-state index is 14.5. The molecule has 0 atom stereocenters. The SMILES string of the molecule is CCCc1c(F)ccc2c1C(=C(C)C#N)c1ccc(C(=O)O)cc1CO2. The molecule has 0 amide bonds. The van der Waals surface area contributed by atoms with E-state index >= 15 is 0 Å². The van der Waals surface area contributed by atoms with Gasteiger partial charge in [-0.05, 0) is 54.3 Å². The first-order valence-electron chi connectivity index (χ1n) is 8.40. The van der Waals surface area contributed by atoms with E-state index in [0.717, 1.165) is 6.42 Å². The Kier molecular flexibility index (Phi) is 4.77. The average molecular weight is 351 g/mol. The average Bonchev–Trinajstić information content (AvgIpc) is 2.80. The molecule has 0 bridgehead atoms. The Morgan fingerprint density at radius 3 is 2.77 bits per heavy atom. The van der Waals surface area contributed by atoms with Crippen LogP contribution >= 0.6 is 0 Å². The predicted octanol–water partition coefficient (Wildman–Crippen LogP) is 4.71. The molecule has 0 radical (unpaired) electrons. The summed E-state index contributed by atoms with van der Waals surface area (Å²) >= 11 is 0. The molecule has 1 aliphatic heterocycles. The second kappa shape index (κ2) is 7.01. The topological polar surface area (TPSA) is 70.3 Å². The Hall–Kier alpha value is -3.13. The second-order valence-electron chi connectivity index (χ2n) is 6.23. The molecule has 0 aliphatic carbocycles. The van der Waals surface area contributed by atoms with Crippen molar-refractivity contribution in [2.24, 2.45) is 0 Å². The molecule has 0 saturated heterocycles. The molecule has 1 heterocycles. The van der Waals surface area contributed by atoms with Crippen LogP contribution in [-0.2, 0) is 13.0 Å². The molecular formula is C21H18FNO3. The Morgan fingerprint density at radius 1 is 1.35 bits per heavy atom. The largest absolute Gasteiger partial charge is 0.488 e. The lowest BCUT2D eigenvalue weighted by molar-refractivity contribution is 0.0696. The van der Waals surface area contributed by atoms with Crippen LogP contribution in [0.2, 0.25) is 0 Å². The number of hydrogen-bond acceptors (Lipinski definition) is 3. The molecule has 1 aliphatic rings. The lowest BCUT2D eigenvalue weighted by atomic mass is 9.86. The number of aromatic carboxylic acids is 1. The highest BCUT2D eigenvalue weighted by atomic mass is 19.1. The summed E-state index contributed by atoms with van der Waals surface area (Å²) in [7, 11) is 0. The van der Waals surface area contributed by atoms with E-state index in [1.165, 1.54) is 12.1 Å². The van der Waals surface area contributed by atoms with Gasteiger partial charge in [0.15, 0.2) is 0 Å². The summed E-state index contributed by atoms with van der Waals surface area (Å²) in [6, 6.07) is 9.82. The van der Waals surface area contributed by atoms with Crippen molar-refractivity contribution in [2.45, 2.75) is 33.3 Å². The Morgan fingerprint density at radius 2 is 2.12 bits per heavy atom. The van der Waals surface area contributed by atoms with Crippen LogP contribution in [0, 0.1) is 17.1 Å². The maximum absolute atomic E-state index is 14.5. The van der Waals surface area contributed by atoms with Gasteiger partial charge in [0.2, 0.25) is 0 Å². The van der Waals surface area contributed by atoms with Crippen molar-refractivity contribution in [1.82, 2.24) is 0 Å². The number of benzene rings is 2. The third-order valence-electron chi connectivity index (χ3n) is 4.51. The third kappa shape index (κ3) is 2.95. The van der Waals surface area contributed by atoms with Gasteiger partial charge >= 0.3 is 5.97 Å². The van der Waals surface area contributed by atoms with Crippen LogP contribution in [0.3, 0.4) is 0 Å². The van der Waals surface area contributed by atoms with Gasteiger partial charge in [-0.2, -0.15) is 5.26 Å². The summed E-state index contributed by atoms with van der Waals surface area (Å²) in [6.45, 7) is 3.80. The number of hydrogen-bond donors (Lipinski definition) is 1. The molecule has 2 aromatic rings. The van der Waals surface area contributed by atoms with Gasteiger partial charge < -0.3 is 9.84 Å². The zero-order valence-electron chi connectivity index (χ0n) is 14.6. The smallest absolute Gasteiger partial charge is 0.335 e. The number of nitrogens with zero attached hydrogens (tertiary/aromatic N) is 1. The molecule has 5 heteroatoms. The first-order valence-corrected chi connectivity index (χ1v) is 8.40. The van der Waals surface area contributed by atoms with E-state index in [1.807, 2.05) is 6.92 Å². The summed E-state index contributed by atoms with van der Waals surface area (Å²) < 4.78 is 20.4. The quantitative estimate of drug-likeness (QED) is 0.813. The van der Waals surface area contributed by atoms with Gasteiger partial charge in [-0.15, -0.1) is 0 Å². The summed E-state index contributed by atoms with van der Waals surface area (Å²) in [6.07, 6.45) is 1.26. The molecule has 0 saturated carbocycles. The van der Waals surface area contributed by atoms with Gasteiger partial charge in [0.25, 0.3) is 0 Å². The summed E-state index contributed by atoms with van der Waals surface area (Å²) in [5, 5.41) is 18.8. The third-order valence-corrected chi connectivity index (χ3v) is 4.51.